The number of carbonyl (C=O) groups excluding carboxylic acids is 2. The molecule has 6 nitrogen and oxygen atoms in total. The third-order valence-electron chi connectivity index (χ3n) is 4.68. The van der Waals surface area contributed by atoms with Gasteiger partial charge in [-0.25, -0.2) is 0 Å². The van der Waals surface area contributed by atoms with E-state index in [1.54, 1.807) is 36.4 Å². The average molecular weight is 381 g/mol. The smallest absolute Gasteiger partial charge is 0.256 e. The summed E-state index contributed by atoms with van der Waals surface area (Å²) in [5.74, 6) is 0.414. The van der Waals surface area contributed by atoms with Crippen molar-refractivity contribution in [3.8, 4) is 5.75 Å². The first kappa shape index (κ1) is 19.9. The first-order valence-electron chi connectivity index (χ1n) is 9.59. The molecular weight excluding hydrogens is 354 g/mol. The van der Waals surface area contributed by atoms with E-state index in [1.807, 2.05) is 37.9 Å². The topological polar surface area (TPSA) is 61.9 Å². The van der Waals surface area contributed by atoms with Crippen molar-refractivity contribution >= 4 is 17.5 Å². The van der Waals surface area contributed by atoms with Crippen molar-refractivity contribution in [3.05, 3.63) is 59.7 Å². The molecular formula is C22H27N3O3. The van der Waals surface area contributed by atoms with Crippen LogP contribution in [0.25, 0.3) is 0 Å². The molecule has 0 saturated carbocycles. The lowest BCUT2D eigenvalue weighted by Crippen LogP contribution is -2.47. The van der Waals surface area contributed by atoms with E-state index in [1.165, 1.54) is 0 Å². The molecule has 0 aliphatic carbocycles. The van der Waals surface area contributed by atoms with E-state index in [-0.39, 0.29) is 17.9 Å². The quantitative estimate of drug-likeness (QED) is 0.864. The van der Waals surface area contributed by atoms with Crippen LogP contribution in [0.1, 0.15) is 34.6 Å². The molecule has 2 aromatic carbocycles. The van der Waals surface area contributed by atoms with Gasteiger partial charge in [0.25, 0.3) is 11.8 Å². The van der Waals surface area contributed by atoms with Crippen LogP contribution in [0.3, 0.4) is 0 Å². The second-order valence-corrected chi connectivity index (χ2v) is 7.29. The molecule has 2 amide bonds. The van der Waals surface area contributed by atoms with Crippen LogP contribution in [0.5, 0.6) is 5.75 Å². The van der Waals surface area contributed by atoms with Crippen molar-refractivity contribution in [2.75, 3.05) is 38.5 Å². The largest absolute Gasteiger partial charge is 0.491 e. The minimum atomic E-state index is -0.255. The molecule has 6 heteroatoms. The van der Waals surface area contributed by atoms with Crippen LogP contribution < -0.4 is 10.1 Å². The highest BCUT2D eigenvalue weighted by Gasteiger charge is 2.23. The fourth-order valence-corrected chi connectivity index (χ4v) is 3.11. The number of likely N-dealkylation sites (N-methyl/N-ethyl adjacent to an activating group) is 1. The normalized spacial score (nSPS) is 14.8. The molecule has 1 aliphatic rings. The maximum Gasteiger partial charge on any atom is 0.256 e. The lowest BCUT2D eigenvalue weighted by molar-refractivity contribution is 0.0665. The number of rotatable bonds is 5. The highest BCUT2D eigenvalue weighted by molar-refractivity contribution is 6.09. The van der Waals surface area contributed by atoms with E-state index >= 15 is 0 Å². The summed E-state index contributed by atoms with van der Waals surface area (Å²) in [7, 11) is 2.05. The van der Waals surface area contributed by atoms with Gasteiger partial charge in [0.15, 0.2) is 0 Å². The number of piperazine rings is 1. The number of amides is 2. The van der Waals surface area contributed by atoms with Gasteiger partial charge in [0.2, 0.25) is 0 Å². The first-order chi connectivity index (χ1) is 13.4. The van der Waals surface area contributed by atoms with Gasteiger partial charge in [-0.1, -0.05) is 12.1 Å². The van der Waals surface area contributed by atoms with E-state index < -0.39 is 0 Å². The Hall–Kier alpha value is -2.86. The maximum absolute atomic E-state index is 12.9. The van der Waals surface area contributed by atoms with Crippen LogP contribution in [-0.2, 0) is 0 Å². The van der Waals surface area contributed by atoms with Crippen LogP contribution in [0, 0.1) is 0 Å². The fraction of sp³-hybridized carbons (Fsp3) is 0.364. The van der Waals surface area contributed by atoms with Gasteiger partial charge in [0.1, 0.15) is 5.75 Å². The number of nitrogens with one attached hydrogen (secondary N) is 1. The van der Waals surface area contributed by atoms with Crippen LogP contribution in [0.4, 0.5) is 5.69 Å². The minimum absolute atomic E-state index is 0.0512. The minimum Gasteiger partial charge on any atom is -0.491 e. The molecule has 1 aliphatic heterocycles. The molecule has 1 heterocycles. The van der Waals surface area contributed by atoms with Gasteiger partial charge in [-0.05, 0) is 57.3 Å². The summed E-state index contributed by atoms with van der Waals surface area (Å²) in [6.45, 7) is 6.99. The molecule has 0 bridgehead atoms. The van der Waals surface area contributed by atoms with Crippen molar-refractivity contribution < 1.29 is 14.3 Å². The van der Waals surface area contributed by atoms with E-state index in [0.717, 1.165) is 18.8 Å². The van der Waals surface area contributed by atoms with Crippen LogP contribution >= 0.6 is 0 Å². The molecule has 148 valence electrons. The zero-order valence-corrected chi connectivity index (χ0v) is 16.6. The number of hydrogen-bond acceptors (Lipinski definition) is 4. The van der Waals surface area contributed by atoms with Gasteiger partial charge < -0.3 is 19.9 Å². The highest BCUT2D eigenvalue weighted by Crippen LogP contribution is 2.20. The molecule has 3 rings (SSSR count). The first-order valence-corrected chi connectivity index (χ1v) is 9.59. The van der Waals surface area contributed by atoms with Crippen LogP contribution in [0.15, 0.2) is 48.5 Å². The van der Waals surface area contributed by atoms with Crippen molar-refractivity contribution in [2.45, 2.75) is 20.0 Å². The fourth-order valence-electron chi connectivity index (χ4n) is 3.11. The maximum atomic E-state index is 12.9. The van der Waals surface area contributed by atoms with E-state index in [0.29, 0.717) is 29.9 Å². The second-order valence-electron chi connectivity index (χ2n) is 7.29. The Morgan fingerprint density at radius 3 is 2.25 bits per heavy atom. The molecule has 0 atom stereocenters. The Labute approximate surface area is 166 Å². The Bertz CT molecular complexity index is 825. The Morgan fingerprint density at radius 2 is 1.61 bits per heavy atom. The summed E-state index contributed by atoms with van der Waals surface area (Å²) in [6, 6.07) is 14.1. The van der Waals surface area contributed by atoms with Crippen LogP contribution in [0.2, 0.25) is 0 Å². The van der Waals surface area contributed by atoms with Crippen molar-refractivity contribution in [2.24, 2.45) is 0 Å². The number of benzene rings is 2. The summed E-state index contributed by atoms with van der Waals surface area (Å²) in [5.41, 5.74) is 1.55. The van der Waals surface area contributed by atoms with Crippen molar-refractivity contribution in [1.29, 1.82) is 0 Å². The predicted octanol–water partition coefficient (Wildman–Crippen LogP) is 3.11. The molecule has 1 saturated heterocycles. The number of nitrogens with zero attached hydrogens (tertiary/aromatic N) is 2. The second kappa shape index (κ2) is 8.89. The van der Waals surface area contributed by atoms with Crippen molar-refractivity contribution in [1.82, 2.24) is 9.80 Å². The SMILES string of the molecule is CC(C)Oc1ccc(C(=O)Nc2ccccc2C(=O)N2CCN(C)CC2)cc1. The van der Waals surface area contributed by atoms with Crippen molar-refractivity contribution in [3.63, 3.8) is 0 Å². The Morgan fingerprint density at radius 1 is 0.964 bits per heavy atom. The molecule has 1 N–H and O–H groups in total. The summed E-state index contributed by atoms with van der Waals surface area (Å²) in [6.07, 6.45) is 0.0761. The third kappa shape index (κ3) is 4.89. The molecule has 0 spiro atoms. The summed E-state index contributed by atoms with van der Waals surface area (Å²) in [5, 5.41) is 2.88. The van der Waals surface area contributed by atoms with Gasteiger partial charge in [-0.2, -0.15) is 0 Å². The lowest BCUT2D eigenvalue weighted by atomic mass is 10.1. The van der Waals surface area contributed by atoms with E-state index in [9.17, 15) is 9.59 Å². The molecule has 2 aromatic rings. The monoisotopic (exact) mass is 381 g/mol. The number of carbonyl (C=O) groups is 2. The van der Waals surface area contributed by atoms with Gasteiger partial charge in [-0.3, -0.25) is 9.59 Å². The molecule has 1 fully saturated rings. The molecule has 0 aromatic heterocycles. The van der Waals surface area contributed by atoms with Crippen LogP contribution in [-0.4, -0.2) is 60.9 Å². The number of anilines is 1. The van der Waals surface area contributed by atoms with Gasteiger partial charge in [-0.15, -0.1) is 0 Å². The Kier molecular flexibility index (Phi) is 6.31. The van der Waals surface area contributed by atoms with Gasteiger partial charge in [0.05, 0.1) is 17.4 Å². The number of hydrogen-bond donors (Lipinski definition) is 1. The summed E-state index contributed by atoms with van der Waals surface area (Å²) >= 11 is 0. The number of ether oxygens (including phenoxy) is 1. The lowest BCUT2D eigenvalue weighted by Gasteiger charge is -2.32. The molecule has 0 radical (unpaired) electrons. The molecule has 0 unspecified atom stereocenters. The van der Waals surface area contributed by atoms with E-state index in [4.69, 9.17) is 4.74 Å². The standard InChI is InChI=1S/C22H27N3O3/c1-16(2)28-18-10-8-17(9-11-18)21(26)23-20-7-5-4-6-19(20)22(27)25-14-12-24(3)13-15-25/h4-11,16H,12-15H2,1-3H3,(H,23,26). The highest BCUT2D eigenvalue weighted by atomic mass is 16.5. The van der Waals surface area contributed by atoms with Gasteiger partial charge >= 0.3 is 0 Å². The number of para-hydroxylation sites is 1. The van der Waals surface area contributed by atoms with Gasteiger partial charge in [0, 0.05) is 31.7 Å². The van der Waals surface area contributed by atoms with E-state index in [2.05, 4.69) is 10.2 Å². The zero-order chi connectivity index (χ0) is 20.1. The Balaban J connectivity index is 1.72. The third-order valence-corrected chi connectivity index (χ3v) is 4.68. The summed E-state index contributed by atoms with van der Waals surface area (Å²) < 4.78 is 5.61. The average Bonchev–Trinajstić information content (AvgIpc) is 2.68. The predicted molar refractivity (Wildman–Crippen MR) is 110 cm³/mol. The molecule has 28 heavy (non-hydrogen) atoms. The zero-order valence-electron chi connectivity index (χ0n) is 16.6. The summed E-state index contributed by atoms with van der Waals surface area (Å²) in [4.78, 5) is 29.6.